The van der Waals surface area contributed by atoms with E-state index in [2.05, 4.69) is 21.9 Å². The average Bonchev–Trinajstić information content (AvgIpc) is 3.73. The van der Waals surface area contributed by atoms with Gasteiger partial charge < -0.3 is 20.7 Å². The molecule has 2 amide bonds. The molecule has 1 aliphatic rings. The predicted molar refractivity (Wildman–Crippen MR) is 135 cm³/mol. The molecule has 0 radical (unpaired) electrons. The second-order valence-corrected chi connectivity index (χ2v) is 8.75. The molecule has 37 heavy (non-hydrogen) atoms. The molecule has 0 atom stereocenters. The number of nitrogens with two attached hydrogens (primary N) is 1. The SMILES string of the molecule is C=CC(=O)N(C)CCOc1c(N)ncnc1-c1ccc(CNC(=O)c2ccc(C3CC3)cc2F)c(F)c1. The monoisotopic (exact) mass is 507 g/mol. The summed E-state index contributed by atoms with van der Waals surface area (Å²) in [5.74, 6) is -1.47. The molecule has 192 valence electrons. The molecule has 4 rings (SSSR count). The van der Waals surface area contributed by atoms with Gasteiger partial charge in [-0.05, 0) is 48.6 Å². The lowest BCUT2D eigenvalue weighted by Gasteiger charge is -2.17. The van der Waals surface area contributed by atoms with Crippen molar-refractivity contribution >= 4 is 17.6 Å². The van der Waals surface area contributed by atoms with E-state index in [4.69, 9.17) is 10.5 Å². The number of hydrogen-bond acceptors (Lipinski definition) is 6. The number of nitrogens with one attached hydrogen (secondary N) is 1. The molecule has 10 heteroatoms. The van der Waals surface area contributed by atoms with E-state index in [9.17, 15) is 18.4 Å². The Kier molecular flexibility index (Phi) is 7.76. The van der Waals surface area contributed by atoms with E-state index in [0.29, 0.717) is 11.5 Å². The van der Waals surface area contributed by atoms with Gasteiger partial charge in [-0.15, -0.1) is 0 Å². The van der Waals surface area contributed by atoms with Gasteiger partial charge in [0.1, 0.15) is 30.3 Å². The summed E-state index contributed by atoms with van der Waals surface area (Å²) in [6.07, 6.45) is 4.49. The molecular formula is C27H27F2N5O3. The summed E-state index contributed by atoms with van der Waals surface area (Å²) in [7, 11) is 1.60. The maximum atomic E-state index is 14.9. The number of carbonyl (C=O) groups excluding carboxylic acids is 2. The molecule has 8 nitrogen and oxygen atoms in total. The lowest BCUT2D eigenvalue weighted by molar-refractivity contribution is -0.125. The van der Waals surface area contributed by atoms with E-state index in [0.717, 1.165) is 18.4 Å². The topological polar surface area (TPSA) is 110 Å². The van der Waals surface area contributed by atoms with E-state index in [1.165, 1.54) is 41.6 Å². The largest absolute Gasteiger partial charge is 0.486 e. The first-order valence-corrected chi connectivity index (χ1v) is 11.8. The second-order valence-electron chi connectivity index (χ2n) is 8.75. The number of amides is 2. The molecule has 1 heterocycles. The quantitative estimate of drug-likeness (QED) is 0.404. The number of nitrogens with zero attached hydrogens (tertiary/aromatic N) is 3. The molecule has 1 fully saturated rings. The summed E-state index contributed by atoms with van der Waals surface area (Å²) >= 11 is 0. The van der Waals surface area contributed by atoms with Crippen LogP contribution >= 0.6 is 0 Å². The van der Waals surface area contributed by atoms with Gasteiger partial charge in [-0.25, -0.2) is 18.7 Å². The number of anilines is 1. The maximum absolute atomic E-state index is 14.9. The fraction of sp³-hybridized carbons (Fsp3) is 0.259. The second kappa shape index (κ2) is 11.2. The molecule has 1 aliphatic carbocycles. The van der Waals surface area contributed by atoms with Crippen LogP contribution < -0.4 is 15.8 Å². The Balaban J connectivity index is 1.43. The highest BCUT2D eigenvalue weighted by Gasteiger charge is 2.25. The molecule has 1 aromatic heterocycles. The highest BCUT2D eigenvalue weighted by Crippen LogP contribution is 2.40. The van der Waals surface area contributed by atoms with E-state index in [1.807, 2.05) is 0 Å². The van der Waals surface area contributed by atoms with Crippen molar-refractivity contribution < 1.29 is 23.1 Å². The third kappa shape index (κ3) is 6.08. The zero-order valence-electron chi connectivity index (χ0n) is 20.3. The summed E-state index contributed by atoms with van der Waals surface area (Å²) < 4.78 is 35.1. The first-order chi connectivity index (χ1) is 17.8. The van der Waals surface area contributed by atoms with Gasteiger partial charge in [0, 0.05) is 24.7 Å². The molecule has 1 saturated carbocycles. The summed E-state index contributed by atoms with van der Waals surface area (Å²) in [5.41, 5.74) is 7.64. The maximum Gasteiger partial charge on any atom is 0.254 e. The number of carbonyl (C=O) groups is 2. The van der Waals surface area contributed by atoms with Gasteiger partial charge in [0.05, 0.1) is 12.1 Å². The number of likely N-dealkylation sites (N-methyl/N-ethyl adjacent to an activating group) is 1. The zero-order valence-corrected chi connectivity index (χ0v) is 20.3. The molecule has 3 aromatic rings. The van der Waals surface area contributed by atoms with Crippen LogP contribution in [0.5, 0.6) is 5.75 Å². The van der Waals surface area contributed by atoms with Crippen molar-refractivity contribution in [2.24, 2.45) is 0 Å². The standard InChI is InChI=1S/C27H27F2N5O3/c1-3-23(35)34(2)10-11-37-25-24(32-15-33-26(25)30)18-6-7-19(21(28)13-18)14-31-27(36)20-9-8-17(12-22(20)29)16-4-5-16/h3,6-9,12-13,15-16H,1,4-5,10-11,14H2,2H3,(H,31,36)(H2,30,32,33). The molecule has 0 aliphatic heterocycles. The van der Waals surface area contributed by atoms with E-state index < -0.39 is 17.5 Å². The molecule has 0 spiro atoms. The Bertz CT molecular complexity index is 1340. The molecule has 0 saturated heterocycles. The summed E-state index contributed by atoms with van der Waals surface area (Å²) in [6.45, 7) is 3.67. The van der Waals surface area contributed by atoms with E-state index in [1.54, 1.807) is 19.2 Å². The van der Waals surface area contributed by atoms with Crippen LogP contribution in [0.2, 0.25) is 0 Å². The van der Waals surface area contributed by atoms with Crippen LogP contribution in [0.15, 0.2) is 55.4 Å². The number of hydrogen-bond donors (Lipinski definition) is 2. The summed E-state index contributed by atoms with van der Waals surface area (Å²) in [4.78, 5) is 33.6. The van der Waals surface area contributed by atoms with Crippen LogP contribution in [-0.4, -0.2) is 46.9 Å². The smallest absolute Gasteiger partial charge is 0.254 e. The summed E-state index contributed by atoms with van der Waals surface area (Å²) in [5, 5.41) is 2.56. The van der Waals surface area contributed by atoms with Gasteiger partial charge in [-0.3, -0.25) is 9.59 Å². The molecule has 3 N–H and O–H groups in total. The number of aromatic nitrogens is 2. The number of benzene rings is 2. The average molecular weight is 508 g/mol. The Labute approximate surface area is 213 Å². The zero-order chi connectivity index (χ0) is 26.5. The van der Waals surface area contributed by atoms with E-state index >= 15 is 0 Å². The Morgan fingerprint density at radius 3 is 2.65 bits per heavy atom. The fourth-order valence-electron chi connectivity index (χ4n) is 3.78. The highest BCUT2D eigenvalue weighted by molar-refractivity contribution is 5.94. The highest BCUT2D eigenvalue weighted by atomic mass is 19.1. The fourth-order valence-corrected chi connectivity index (χ4v) is 3.78. The van der Waals surface area contributed by atoms with E-state index in [-0.39, 0.29) is 54.0 Å². The number of rotatable bonds is 10. The van der Waals surface area contributed by atoms with Crippen molar-refractivity contribution in [1.29, 1.82) is 0 Å². The van der Waals surface area contributed by atoms with Crippen LogP contribution in [0.1, 0.15) is 40.2 Å². The van der Waals surface area contributed by atoms with Crippen molar-refractivity contribution in [1.82, 2.24) is 20.2 Å². The minimum absolute atomic E-state index is 0.0641. The predicted octanol–water partition coefficient (Wildman–Crippen LogP) is 3.83. The van der Waals surface area contributed by atoms with Crippen LogP contribution in [0.3, 0.4) is 0 Å². The normalized spacial score (nSPS) is 12.6. The van der Waals surface area contributed by atoms with Gasteiger partial charge in [-0.2, -0.15) is 0 Å². The first kappa shape index (κ1) is 25.7. The van der Waals surface area contributed by atoms with Crippen molar-refractivity contribution in [3.63, 3.8) is 0 Å². The molecule has 2 aromatic carbocycles. The first-order valence-electron chi connectivity index (χ1n) is 11.8. The Morgan fingerprint density at radius 1 is 1.19 bits per heavy atom. The lowest BCUT2D eigenvalue weighted by Crippen LogP contribution is -2.29. The molecule has 0 bridgehead atoms. The van der Waals surface area contributed by atoms with Gasteiger partial charge >= 0.3 is 0 Å². The lowest BCUT2D eigenvalue weighted by atomic mass is 10.1. The minimum atomic E-state index is -0.623. The van der Waals surface area contributed by atoms with Gasteiger partial charge in [0.2, 0.25) is 5.91 Å². The van der Waals surface area contributed by atoms with Gasteiger partial charge in [0.15, 0.2) is 11.6 Å². The molecular weight excluding hydrogens is 480 g/mol. The van der Waals surface area contributed by atoms with Crippen LogP contribution in [0.4, 0.5) is 14.6 Å². The third-order valence-corrected chi connectivity index (χ3v) is 6.11. The van der Waals surface area contributed by atoms with Crippen LogP contribution in [0.25, 0.3) is 11.3 Å². The summed E-state index contributed by atoms with van der Waals surface area (Å²) in [6, 6.07) is 8.96. The Hall–Kier alpha value is -4.34. The van der Waals surface area contributed by atoms with Gasteiger partial charge in [0.25, 0.3) is 5.91 Å². The number of halogens is 2. The van der Waals surface area contributed by atoms with Crippen molar-refractivity contribution in [2.75, 3.05) is 25.9 Å². The number of nitrogen functional groups attached to an aromatic ring is 1. The molecule has 0 unspecified atom stereocenters. The number of ether oxygens (including phenoxy) is 1. The minimum Gasteiger partial charge on any atom is -0.486 e. The van der Waals surface area contributed by atoms with Crippen molar-refractivity contribution in [2.45, 2.75) is 25.3 Å². The van der Waals surface area contributed by atoms with Crippen molar-refractivity contribution in [3.8, 4) is 17.0 Å². The van der Waals surface area contributed by atoms with Crippen molar-refractivity contribution in [3.05, 3.63) is 83.7 Å². The van der Waals surface area contributed by atoms with Crippen LogP contribution in [-0.2, 0) is 11.3 Å². The third-order valence-electron chi connectivity index (χ3n) is 6.11. The Morgan fingerprint density at radius 2 is 1.97 bits per heavy atom. The van der Waals surface area contributed by atoms with Gasteiger partial charge in [-0.1, -0.05) is 24.8 Å². The van der Waals surface area contributed by atoms with Crippen LogP contribution in [0, 0.1) is 11.6 Å².